The molecule has 5 heterocycles. The van der Waals surface area contributed by atoms with E-state index in [0.29, 0.717) is 83.1 Å². The van der Waals surface area contributed by atoms with E-state index in [0.717, 1.165) is 62.0 Å². The van der Waals surface area contributed by atoms with Crippen molar-refractivity contribution < 1.29 is 65.0 Å². The zero-order valence-electron chi connectivity index (χ0n) is 54.4. The van der Waals surface area contributed by atoms with Crippen molar-refractivity contribution in [1.82, 2.24) is 35.9 Å². The molecule has 2 aromatic rings. The minimum atomic E-state index is -1.73. The van der Waals surface area contributed by atoms with Gasteiger partial charge in [-0.1, -0.05) is 83.6 Å². The van der Waals surface area contributed by atoms with Crippen molar-refractivity contribution in [3.8, 4) is 0 Å². The number of guanidine groups is 1. The van der Waals surface area contributed by atoms with Crippen molar-refractivity contribution in [2.24, 2.45) is 114 Å². The number of nitrogens with two attached hydrogens (primary N) is 2. The van der Waals surface area contributed by atoms with Gasteiger partial charge in [-0.3, -0.25) is 14.6 Å². The van der Waals surface area contributed by atoms with Gasteiger partial charge >= 0.3 is 5.97 Å². The van der Waals surface area contributed by atoms with E-state index in [4.69, 9.17) is 25.9 Å². The van der Waals surface area contributed by atoms with Crippen molar-refractivity contribution in [2.75, 3.05) is 58.4 Å². The van der Waals surface area contributed by atoms with E-state index in [1.54, 1.807) is 25.9 Å². The van der Waals surface area contributed by atoms with Gasteiger partial charge in [0.2, 0.25) is 5.91 Å². The number of aliphatic imine (C=N–C) groups is 1. The maximum atomic E-state index is 15.9. The topological polar surface area (TPSA) is 405 Å². The molecule has 2 saturated heterocycles. The summed E-state index contributed by atoms with van der Waals surface area (Å²) in [5.41, 5.74) is 7.33. The van der Waals surface area contributed by atoms with Gasteiger partial charge < -0.3 is 98.1 Å². The van der Waals surface area contributed by atoms with Crippen LogP contribution in [0.1, 0.15) is 135 Å². The van der Waals surface area contributed by atoms with Gasteiger partial charge in [-0.25, -0.2) is 9.97 Å². The lowest BCUT2D eigenvalue weighted by atomic mass is 9.26. The number of amides is 1. The van der Waals surface area contributed by atoms with Crippen LogP contribution < -0.4 is 32.7 Å². The molecular weight excluding hydrogens is 1180 g/mol. The minimum Gasteiger partial charge on any atom is -0.481 e. The van der Waals surface area contributed by atoms with E-state index in [1.807, 2.05) is 13.0 Å². The molecule has 8 aliphatic carbocycles. The third kappa shape index (κ3) is 9.33. The molecule has 13 rings (SSSR count). The van der Waals surface area contributed by atoms with Crippen LogP contribution in [0.5, 0.6) is 0 Å². The molecule has 1 amide bonds. The number of nitrogens with zero attached hydrogens (tertiary/aromatic N) is 3. The van der Waals surface area contributed by atoms with Crippen LogP contribution in [0.25, 0.3) is 0 Å². The lowest BCUT2D eigenvalue weighted by Crippen LogP contribution is -2.77. The van der Waals surface area contributed by atoms with Gasteiger partial charge in [0.25, 0.3) is 0 Å². The molecule has 3 aliphatic heterocycles. The predicted molar refractivity (Wildman–Crippen MR) is 339 cm³/mol. The second kappa shape index (κ2) is 24.2. The largest absolute Gasteiger partial charge is 0.481 e. The first-order chi connectivity index (χ1) is 43.9. The Labute approximate surface area is 539 Å². The van der Waals surface area contributed by atoms with Crippen LogP contribution in [-0.4, -0.2) is 192 Å². The van der Waals surface area contributed by atoms with E-state index in [-0.39, 0.29) is 55.3 Å². The van der Waals surface area contributed by atoms with Crippen molar-refractivity contribution in [1.29, 1.82) is 0 Å². The number of carboxylic acid groups (broad SMARTS) is 1. The van der Waals surface area contributed by atoms with Gasteiger partial charge in [0.05, 0.1) is 72.2 Å². The highest BCUT2D eigenvalue weighted by molar-refractivity contribution is 5.87. The molecule has 510 valence electrons. The number of hydrogen-bond acceptors (Lipinski definition) is 18. The molecule has 2 aromatic heterocycles. The quantitative estimate of drug-likeness (QED) is 0.0286. The number of imidazole rings is 2. The second-order valence-electron chi connectivity index (χ2n) is 31.6. The monoisotopic (exact) mass is 1280 g/mol. The van der Waals surface area contributed by atoms with Crippen molar-refractivity contribution in [2.45, 2.75) is 191 Å². The van der Waals surface area contributed by atoms with E-state index >= 15 is 4.79 Å². The maximum Gasteiger partial charge on any atom is 0.310 e. The second-order valence-corrected chi connectivity index (χ2v) is 31.6. The molecule has 0 radical (unpaired) electrons. The molecule has 24 heteroatoms. The number of ether oxygens (including phenoxy) is 2. The number of anilines is 1. The number of carbonyl (C=O) groups is 2. The highest BCUT2D eigenvalue weighted by Crippen LogP contribution is 2.82. The Morgan fingerprint density at radius 3 is 2.35 bits per heavy atom. The number of hydrogen-bond donors (Lipinski definition) is 17. The Kier molecular flexibility index (Phi) is 17.4. The van der Waals surface area contributed by atoms with Crippen LogP contribution in [0.15, 0.2) is 47.6 Å². The average Bonchev–Trinajstić information content (AvgIpc) is 0.767. The molecule has 11 aliphatic rings. The summed E-state index contributed by atoms with van der Waals surface area (Å²) in [7, 11) is 1.58. The first-order valence-corrected chi connectivity index (χ1v) is 34.6. The Balaban J connectivity index is 1.06. The highest BCUT2D eigenvalue weighted by atomic mass is 16.7. The average molecular weight is 1280 g/mol. The summed E-state index contributed by atoms with van der Waals surface area (Å²) in [6.07, 6.45) is 10.2. The fourth-order valence-corrected chi connectivity index (χ4v) is 23.8. The third-order valence-electron chi connectivity index (χ3n) is 28.2. The Morgan fingerprint density at radius 2 is 1.66 bits per heavy atom. The number of aliphatic hydroxyl groups is 8. The molecule has 8 fully saturated rings. The molecule has 6 saturated carbocycles. The summed E-state index contributed by atoms with van der Waals surface area (Å²) in [5.74, 6) is -4.88. The minimum absolute atomic E-state index is 0.0581. The first-order valence-electron chi connectivity index (χ1n) is 34.6. The number of fused-ring (bicyclic) bond motifs is 13. The van der Waals surface area contributed by atoms with E-state index < -0.39 is 147 Å². The number of carboxylic acids is 1. The number of allylic oxidation sites excluding steroid dienone is 3. The molecule has 0 bridgehead atoms. The molecule has 92 heavy (non-hydrogen) atoms. The summed E-state index contributed by atoms with van der Waals surface area (Å²) in [6, 6.07) is -0.885. The van der Waals surface area contributed by atoms with E-state index in [1.165, 1.54) is 0 Å². The SMILES string of the molecule is CN=C(N)NCCNC[C@H]([C@@H](N)O)[C@H](O)[C@]1(c2cnc[nH]2)C=C[C@@H]([C@@H]2[C@@H](O)[C@@H](O[C@@H]3OC[C@@H](O)[C@H](O)[C@H]3O)[C@@](C)(CO)[C@H]3CC[C@]4(C)[C@H](CC=C5[C@@H]6C[C@@](C)(CO)CC[C@]6(C(=O)O)[C@H]6CNc7nc[nH]c7C[C@@H]6[C@]54C)[C@@]23C2CCCCC2)[C@H]2[C@H]1NC(=O)C21CCCC1. The number of aliphatic hydroxyl groups excluding tert-OH is 8. The maximum absolute atomic E-state index is 15.9. The molecule has 0 unspecified atom stereocenters. The zero-order valence-corrected chi connectivity index (χ0v) is 54.4. The highest BCUT2D eigenvalue weighted by Gasteiger charge is 2.81. The van der Waals surface area contributed by atoms with E-state index in [9.17, 15) is 50.8 Å². The van der Waals surface area contributed by atoms with Crippen LogP contribution in [0.3, 0.4) is 0 Å². The molecule has 19 N–H and O–H groups in total. The fraction of sp³-hybridized carbons (Fsp3) is 0.809. The lowest BCUT2D eigenvalue weighted by Gasteiger charge is -2.78. The van der Waals surface area contributed by atoms with Crippen LogP contribution in [0, 0.1) is 97.1 Å². The molecule has 1 spiro atoms. The Bertz CT molecular complexity index is 3120. The Morgan fingerprint density at radius 1 is 0.902 bits per heavy atom. The first kappa shape index (κ1) is 66.1. The lowest BCUT2D eigenvalue weighted by molar-refractivity contribution is -0.355. The number of rotatable bonds is 16. The number of nitrogens with one attached hydrogen (secondary N) is 6. The number of carbonyl (C=O) groups excluding carboxylic acids is 1. The molecular formula is C68H105N11O13. The predicted octanol–water partition coefficient (Wildman–Crippen LogP) is 2.14. The summed E-state index contributed by atoms with van der Waals surface area (Å²) >= 11 is 0. The van der Waals surface area contributed by atoms with Gasteiger partial charge in [-0.15, -0.1) is 0 Å². The number of aliphatic carboxylic acids is 1. The van der Waals surface area contributed by atoms with Gasteiger partial charge in [0, 0.05) is 74.9 Å². The number of aromatic amines is 2. The van der Waals surface area contributed by atoms with Crippen LogP contribution in [-0.2, 0) is 30.9 Å². The number of aromatic nitrogens is 4. The van der Waals surface area contributed by atoms with Crippen molar-refractivity contribution in [3.05, 3.63) is 54.0 Å². The number of H-pyrrole nitrogens is 2. The van der Waals surface area contributed by atoms with Gasteiger partial charge in [-0.05, 0) is 134 Å². The smallest absolute Gasteiger partial charge is 0.310 e. The molecule has 0 aromatic carbocycles. The van der Waals surface area contributed by atoms with Gasteiger partial charge in [0.15, 0.2) is 12.2 Å². The summed E-state index contributed by atoms with van der Waals surface area (Å²) in [6.45, 7) is 9.32. The zero-order chi connectivity index (χ0) is 65.3. The summed E-state index contributed by atoms with van der Waals surface area (Å²) in [4.78, 5) is 50.9. The third-order valence-corrected chi connectivity index (χ3v) is 28.2. The van der Waals surface area contributed by atoms with Crippen LogP contribution in [0.2, 0.25) is 0 Å². The van der Waals surface area contributed by atoms with Crippen LogP contribution in [0.4, 0.5) is 5.82 Å². The fourth-order valence-electron chi connectivity index (χ4n) is 23.8. The Hall–Kier alpha value is -4.57. The summed E-state index contributed by atoms with van der Waals surface area (Å²) in [5, 5.41) is 124. The standard InChI is InChI=1S/C68H105N11O13/c1-61(31-80)21-22-66(59(89)90)40(26-61)38-13-14-45-63(3,64(38,4)39-25-42-56(78-34-76-42)75-28-41(39)66)19-16-44-62(2,32-81)54(92-57-51(85)49(83)43(82)30-91-57)50(84)47(68(44,45)35-11-7-6-8-12-35)36-15-20-67(46-29-73-33-77-46,52-48(36)65(58(88)79-52)17-9-10-18-65)53(86)37(55(69)87)27-72-23-24-74-60(70)71-5/h13,15,20,29,33-37,39-41,43-45,47-55,57,72,75,80-87H,6-12,14,16-19,21-28,30-32,69H2,1-5H3,(H,73,77)(H,76,78)(H,79,88)(H,89,90)(H3,70,71,74)/t36-,37-,39-,40-,41-,43+,44+,45-,47+,48-,49-,50+,51+,52+,53-,54+,55-,57-,61-,62-,63+,64-,66+,67-,68-/m0/s1. The van der Waals surface area contributed by atoms with Gasteiger partial charge in [0.1, 0.15) is 30.4 Å². The normalized spacial score (nSPS) is 45.7. The van der Waals surface area contributed by atoms with E-state index in [2.05, 4.69) is 74.1 Å². The van der Waals surface area contributed by atoms with Crippen molar-refractivity contribution >= 4 is 23.7 Å². The van der Waals surface area contributed by atoms with Crippen molar-refractivity contribution in [3.63, 3.8) is 0 Å². The molecule has 24 nitrogen and oxygen atoms in total. The molecule has 25 atom stereocenters. The summed E-state index contributed by atoms with van der Waals surface area (Å²) < 4.78 is 13.2. The van der Waals surface area contributed by atoms with Gasteiger partial charge in [-0.2, -0.15) is 0 Å². The van der Waals surface area contributed by atoms with Crippen LogP contribution >= 0.6 is 0 Å².